The molecule has 1 atom stereocenters. The first-order valence-corrected chi connectivity index (χ1v) is 7.31. The molecular weight excluding hydrogens is 288 g/mol. The third-order valence-electron chi connectivity index (χ3n) is 3.79. The van der Waals surface area contributed by atoms with E-state index in [0.717, 1.165) is 13.0 Å². The molecule has 2 heterocycles. The molecule has 3 rings (SSSR count). The lowest BCUT2D eigenvalue weighted by Crippen LogP contribution is -2.34. The third kappa shape index (κ3) is 2.80. The van der Waals surface area contributed by atoms with Gasteiger partial charge in [-0.2, -0.15) is 5.10 Å². The van der Waals surface area contributed by atoms with Crippen molar-refractivity contribution in [3.05, 3.63) is 57.0 Å². The maximum absolute atomic E-state index is 11.8. The van der Waals surface area contributed by atoms with E-state index in [9.17, 15) is 4.79 Å². The predicted octanol–water partition coefficient (Wildman–Crippen LogP) is 1.73. The fourth-order valence-electron chi connectivity index (χ4n) is 2.62. The average molecular weight is 305 g/mol. The van der Waals surface area contributed by atoms with Crippen LogP contribution in [-0.2, 0) is 13.5 Å². The molecule has 0 spiro atoms. The van der Waals surface area contributed by atoms with Crippen molar-refractivity contribution >= 4 is 17.3 Å². The van der Waals surface area contributed by atoms with Gasteiger partial charge in [0.2, 0.25) is 0 Å². The lowest BCUT2D eigenvalue weighted by molar-refractivity contribution is 0.523. The Balaban J connectivity index is 1.78. The number of nitrogens with one attached hydrogen (secondary N) is 2. The lowest BCUT2D eigenvalue weighted by Gasteiger charge is -2.27. The molecule has 0 bridgehead atoms. The second-order valence-corrected chi connectivity index (χ2v) is 5.52. The van der Waals surface area contributed by atoms with Gasteiger partial charge < -0.3 is 10.6 Å². The number of hydrogen-bond donors (Lipinski definition) is 2. The van der Waals surface area contributed by atoms with Crippen molar-refractivity contribution in [1.29, 1.82) is 0 Å². The lowest BCUT2D eigenvalue weighted by atomic mass is 9.94. The van der Waals surface area contributed by atoms with Crippen LogP contribution >= 0.6 is 11.6 Å². The summed E-state index contributed by atoms with van der Waals surface area (Å²) < 4.78 is 1.22. The van der Waals surface area contributed by atoms with Gasteiger partial charge in [0.15, 0.2) is 0 Å². The van der Waals surface area contributed by atoms with E-state index >= 15 is 0 Å². The van der Waals surface area contributed by atoms with E-state index in [1.807, 2.05) is 6.07 Å². The van der Waals surface area contributed by atoms with Gasteiger partial charge in [-0.1, -0.05) is 35.9 Å². The van der Waals surface area contributed by atoms with Crippen LogP contribution < -0.4 is 16.2 Å². The summed E-state index contributed by atoms with van der Waals surface area (Å²) in [5, 5.41) is 10.9. The fraction of sp³-hybridized carbons (Fsp3) is 0.333. The van der Waals surface area contributed by atoms with E-state index in [1.165, 1.54) is 15.8 Å². The van der Waals surface area contributed by atoms with Gasteiger partial charge in [-0.05, 0) is 24.1 Å². The largest absolute Gasteiger partial charge is 0.380 e. The molecule has 0 radical (unpaired) electrons. The summed E-state index contributed by atoms with van der Waals surface area (Å²) in [6.07, 6.45) is 2.62. The number of aromatic nitrogens is 2. The molecule has 0 fully saturated rings. The third-order valence-corrected chi connectivity index (χ3v) is 4.16. The minimum atomic E-state index is -0.293. The molecule has 1 aromatic carbocycles. The Kier molecular flexibility index (Phi) is 3.94. The Bertz CT molecular complexity index is 713. The first-order valence-electron chi connectivity index (χ1n) is 6.93. The smallest absolute Gasteiger partial charge is 0.287 e. The average Bonchev–Trinajstić information content (AvgIpc) is 2.52. The van der Waals surface area contributed by atoms with Crippen molar-refractivity contribution < 1.29 is 0 Å². The van der Waals surface area contributed by atoms with E-state index in [1.54, 1.807) is 13.2 Å². The summed E-state index contributed by atoms with van der Waals surface area (Å²) in [5.74, 6) is 0. The van der Waals surface area contributed by atoms with Gasteiger partial charge in [0.1, 0.15) is 5.02 Å². The maximum Gasteiger partial charge on any atom is 0.287 e. The number of rotatable bonds is 3. The number of fused-ring (bicyclic) bond motifs is 1. The van der Waals surface area contributed by atoms with Gasteiger partial charge in [0.25, 0.3) is 5.56 Å². The summed E-state index contributed by atoms with van der Waals surface area (Å²) in [5.41, 5.74) is 2.95. The second-order valence-electron chi connectivity index (χ2n) is 5.14. The van der Waals surface area contributed by atoms with Gasteiger partial charge in [0.05, 0.1) is 11.9 Å². The first kappa shape index (κ1) is 14.1. The zero-order valence-electron chi connectivity index (χ0n) is 11.8. The zero-order valence-corrected chi connectivity index (χ0v) is 12.5. The maximum atomic E-state index is 11.8. The molecule has 0 amide bonds. The molecule has 1 aromatic heterocycles. The Morgan fingerprint density at radius 3 is 3.14 bits per heavy atom. The van der Waals surface area contributed by atoms with Crippen LogP contribution in [0.1, 0.15) is 17.2 Å². The minimum Gasteiger partial charge on any atom is -0.380 e. The van der Waals surface area contributed by atoms with E-state index in [0.29, 0.717) is 12.2 Å². The number of benzene rings is 1. The Hall–Kier alpha value is -1.85. The van der Waals surface area contributed by atoms with Crippen LogP contribution in [0.25, 0.3) is 0 Å². The number of nitrogens with zero attached hydrogens (tertiary/aromatic N) is 2. The highest BCUT2D eigenvalue weighted by Crippen LogP contribution is 2.24. The molecule has 5 nitrogen and oxygen atoms in total. The van der Waals surface area contributed by atoms with Crippen molar-refractivity contribution in [2.45, 2.75) is 12.5 Å². The molecule has 2 N–H and O–H groups in total. The summed E-state index contributed by atoms with van der Waals surface area (Å²) in [7, 11) is 1.58. The van der Waals surface area contributed by atoms with E-state index in [2.05, 4.69) is 33.9 Å². The zero-order chi connectivity index (χ0) is 14.8. The van der Waals surface area contributed by atoms with E-state index in [-0.39, 0.29) is 16.6 Å². The van der Waals surface area contributed by atoms with Crippen molar-refractivity contribution in [1.82, 2.24) is 15.1 Å². The number of halogens is 1. The van der Waals surface area contributed by atoms with E-state index in [4.69, 9.17) is 11.6 Å². The molecule has 2 aromatic rings. The van der Waals surface area contributed by atoms with Crippen molar-refractivity contribution in [3.63, 3.8) is 0 Å². The van der Waals surface area contributed by atoms with Gasteiger partial charge in [-0.3, -0.25) is 4.79 Å². The SMILES string of the molecule is Cn1ncc(NCC2NCCc3ccccc32)c(Cl)c1=O. The molecule has 0 saturated carbocycles. The van der Waals surface area contributed by atoms with Crippen molar-refractivity contribution in [2.75, 3.05) is 18.4 Å². The van der Waals surface area contributed by atoms with Crippen LogP contribution in [0.2, 0.25) is 5.02 Å². The number of aryl methyl sites for hydroxylation is 1. The van der Waals surface area contributed by atoms with Crippen molar-refractivity contribution in [2.24, 2.45) is 7.05 Å². The Morgan fingerprint density at radius 1 is 1.48 bits per heavy atom. The van der Waals surface area contributed by atoms with Crippen LogP contribution in [0.5, 0.6) is 0 Å². The van der Waals surface area contributed by atoms with Crippen LogP contribution in [0.3, 0.4) is 0 Å². The molecular formula is C15H17ClN4O. The van der Waals surface area contributed by atoms with Gasteiger partial charge in [0, 0.05) is 19.6 Å². The van der Waals surface area contributed by atoms with Crippen LogP contribution in [0, 0.1) is 0 Å². The van der Waals surface area contributed by atoms with Crippen LogP contribution in [0.15, 0.2) is 35.3 Å². The number of anilines is 1. The summed E-state index contributed by atoms with van der Waals surface area (Å²) in [4.78, 5) is 11.8. The summed E-state index contributed by atoms with van der Waals surface area (Å²) in [6, 6.07) is 8.62. The van der Waals surface area contributed by atoms with Gasteiger partial charge in [-0.15, -0.1) is 0 Å². The molecule has 0 aliphatic carbocycles. The van der Waals surface area contributed by atoms with E-state index < -0.39 is 0 Å². The molecule has 1 unspecified atom stereocenters. The Morgan fingerprint density at radius 2 is 2.29 bits per heavy atom. The van der Waals surface area contributed by atoms with Gasteiger partial charge in [-0.25, -0.2) is 4.68 Å². The highest BCUT2D eigenvalue weighted by Gasteiger charge is 2.19. The standard InChI is InChI=1S/C15H17ClN4O/c1-20-15(21)14(16)13(9-19-20)18-8-12-11-5-3-2-4-10(11)6-7-17-12/h2-5,9,12,17-18H,6-8H2,1H3. The molecule has 110 valence electrons. The fourth-order valence-corrected chi connectivity index (χ4v) is 2.86. The molecule has 1 aliphatic rings. The first-order chi connectivity index (χ1) is 10.2. The van der Waals surface area contributed by atoms with Crippen LogP contribution in [0.4, 0.5) is 5.69 Å². The number of hydrogen-bond acceptors (Lipinski definition) is 4. The second kappa shape index (κ2) is 5.87. The normalized spacial score (nSPS) is 17.3. The highest BCUT2D eigenvalue weighted by atomic mass is 35.5. The molecule has 1 aliphatic heterocycles. The minimum absolute atomic E-state index is 0.177. The van der Waals surface area contributed by atoms with Gasteiger partial charge >= 0.3 is 0 Å². The van der Waals surface area contributed by atoms with Crippen molar-refractivity contribution in [3.8, 4) is 0 Å². The molecule has 21 heavy (non-hydrogen) atoms. The monoisotopic (exact) mass is 304 g/mol. The topological polar surface area (TPSA) is 59.0 Å². The Labute approximate surface area is 127 Å². The van der Waals surface area contributed by atoms with Crippen LogP contribution in [-0.4, -0.2) is 22.9 Å². The molecule has 0 saturated heterocycles. The highest BCUT2D eigenvalue weighted by molar-refractivity contribution is 6.32. The summed E-state index contributed by atoms with van der Waals surface area (Å²) >= 11 is 6.06. The predicted molar refractivity (Wildman–Crippen MR) is 83.9 cm³/mol. The molecule has 6 heteroatoms. The summed E-state index contributed by atoms with van der Waals surface area (Å²) in [6.45, 7) is 1.61. The quantitative estimate of drug-likeness (QED) is 0.907.